The fourth-order valence-corrected chi connectivity index (χ4v) is 0.231. The van der Waals surface area contributed by atoms with E-state index in [0.29, 0.717) is 19.1 Å². The predicted octanol–water partition coefficient (Wildman–Crippen LogP) is 0.789. The van der Waals surface area contributed by atoms with Crippen molar-refractivity contribution in [2.24, 2.45) is 0 Å². The van der Waals surface area contributed by atoms with Crippen LogP contribution in [0.1, 0.15) is 6.92 Å². The highest BCUT2D eigenvalue weighted by atomic mass is 35.5. The van der Waals surface area contributed by atoms with Crippen molar-refractivity contribution in [3.05, 3.63) is 12.2 Å². The molecule has 3 nitrogen and oxygen atoms in total. The van der Waals surface area contributed by atoms with Crippen molar-refractivity contribution in [2.45, 2.75) is 6.92 Å². The number of aliphatic hydroxyl groups is 2. The molecule has 2 N–H and O–H groups in total. The maximum Gasteiger partial charge on any atom is 0.0698 e. The number of aliphatic hydroxyl groups excluding tert-OH is 2. The van der Waals surface area contributed by atoms with Crippen molar-refractivity contribution in [3.63, 3.8) is 0 Å². The molecule has 0 aliphatic rings. The number of allylic oxidation sites excluding steroid dienone is 1. The summed E-state index contributed by atoms with van der Waals surface area (Å²) in [6.07, 6.45) is 0. The minimum Gasteiger partial charge on any atom is -0.394 e. The third-order valence-electron chi connectivity index (χ3n) is 0.699. The summed E-state index contributed by atoms with van der Waals surface area (Å²) in [4.78, 5) is 0. The fraction of sp³-hybridized carbons (Fsp3) is 0.750. The van der Waals surface area contributed by atoms with Crippen LogP contribution in [0.5, 0.6) is 0 Å². The zero-order chi connectivity index (χ0) is 9.82. The number of alkyl halides is 1. The highest BCUT2D eigenvalue weighted by molar-refractivity contribution is 6.19. The van der Waals surface area contributed by atoms with Gasteiger partial charge in [0.25, 0.3) is 0 Å². The number of ether oxygens (including phenoxy) is 1. The number of rotatable bonds is 5. The molecule has 0 aromatic rings. The molecule has 0 aliphatic heterocycles. The Hall–Kier alpha value is -0.0900. The molecule has 0 aliphatic carbocycles. The SMILES string of the molecule is C=C(C)CCl.OCCOCCO. The first-order chi connectivity index (χ1) is 5.68. The van der Waals surface area contributed by atoms with Crippen molar-refractivity contribution in [1.29, 1.82) is 0 Å². The van der Waals surface area contributed by atoms with E-state index in [1.807, 2.05) is 6.92 Å². The Bertz CT molecular complexity index is 92.3. The van der Waals surface area contributed by atoms with Crippen LogP contribution in [0.3, 0.4) is 0 Å². The summed E-state index contributed by atoms with van der Waals surface area (Å²) < 4.78 is 4.63. The molecule has 0 fully saturated rings. The highest BCUT2D eigenvalue weighted by Crippen LogP contribution is 1.86. The van der Waals surface area contributed by atoms with Gasteiger partial charge in [-0.05, 0) is 6.92 Å². The van der Waals surface area contributed by atoms with Gasteiger partial charge in [0.05, 0.1) is 26.4 Å². The quantitative estimate of drug-likeness (QED) is 0.388. The first-order valence-corrected chi connectivity index (χ1v) is 4.22. The molecule has 0 unspecified atom stereocenters. The highest BCUT2D eigenvalue weighted by Gasteiger charge is 1.79. The topological polar surface area (TPSA) is 49.7 Å². The Balaban J connectivity index is 0. The molecule has 0 saturated carbocycles. The summed E-state index contributed by atoms with van der Waals surface area (Å²) >= 11 is 5.24. The molecule has 0 bridgehead atoms. The monoisotopic (exact) mass is 196 g/mol. The van der Waals surface area contributed by atoms with Gasteiger partial charge in [-0.2, -0.15) is 0 Å². The summed E-state index contributed by atoms with van der Waals surface area (Å²) in [5.41, 5.74) is 1.02. The van der Waals surface area contributed by atoms with Gasteiger partial charge >= 0.3 is 0 Å². The van der Waals surface area contributed by atoms with Crippen LogP contribution in [0.25, 0.3) is 0 Å². The third kappa shape index (κ3) is 22.5. The maximum absolute atomic E-state index is 8.09. The first-order valence-electron chi connectivity index (χ1n) is 3.68. The maximum atomic E-state index is 8.09. The van der Waals surface area contributed by atoms with E-state index in [9.17, 15) is 0 Å². The smallest absolute Gasteiger partial charge is 0.0698 e. The molecule has 0 heterocycles. The number of hydrogen-bond donors (Lipinski definition) is 2. The molecule has 12 heavy (non-hydrogen) atoms. The molecular formula is C8H17ClO3. The second kappa shape index (κ2) is 13.5. The van der Waals surface area contributed by atoms with Crippen molar-refractivity contribution in [2.75, 3.05) is 32.3 Å². The summed E-state index contributed by atoms with van der Waals surface area (Å²) in [6.45, 7) is 6.13. The molecule has 74 valence electrons. The largest absolute Gasteiger partial charge is 0.394 e. The lowest BCUT2D eigenvalue weighted by atomic mass is 10.4. The standard InChI is InChI=1S/C4H7Cl.C4H10O3/c1-4(2)3-5;5-1-3-7-4-2-6/h1,3H2,2H3;5-6H,1-4H2. The molecule has 0 radical (unpaired) electrons. The van der Waals surface area contributed by atoms with E-state index in [0.717, 1.165) is 5.57 Å². The second-order valence-corrected chi connectivity index (χ2v) is 2.42. The van der Waals surface area contributed by atoms with Crippen LogP contribution >= 0.6 is 11.6 Å². The first kappa shape index (κ1) is 14.4. The number of hydrogen-bond acceptors (Lipinski definition) is 3. The zero-order valence-electron chi connectivity index (χ0n) is 7.42. The molecular weight excluding hydrogens is 180 g/mol. The molecule has 0 amide bonds. The van der Waals surface area contributed by atoms with Crippen molar-refractivity contribution < 1.29 is 14.9 Å². The predicted molar refractivity (Wildman–Crippen MR) is 50.5 cm³/mol. The van der Waals surface area contributed by atoms with Crippen LogP contribution < -0.4 is 0 Å². The van der Waals surface area contributed by atoms with Gasteiger partial charge in [0, 0.05) is 5.88 Å². The molecule has 0 rings (SSSR count). The summed E-state index contributed by atoms with van der Waals surface area (Å²) in [7, 11) is 0. The average Bonchev–Trinajstić information content (AvgIpc) is 2.07. The lowest BCUT2D eigenvalue weighted by Gasteiger charge is -1.94. The van der Waals surface area contributed by atoms with E-state index in [2.05, 4.69) is 11.3 Å². The van der Waals surface area contributed by atoms with Gasteiger partial charge in [0.15, 0.2) is 0 Å². The van der Waals surface area contributed by atoms with Gasteiger partial charge in [-0.25, -0.2) is 0 Å². The Morgan fingerprint density at radius 2 is 1.67 bits per heavy atom. The Labute approximate surface area is 78.6 Å². The molecule has 0 atom stereocenters. The summed E-state index contributed by atoms with van der Waals surface area (Å²) in [5, 5.41) is 16.2. The molecule has 0 spiro atoms. The Morgan fingerprint density at radius 3 is 1.83 bits per heavy atom. The number of halogens is 1. The van der Waals surface area contributed by atoms with Crippen LogP contribution in [0, 0.1) is 0 Å². The fourth-order valence-electron chi connectivity index (χ4n) is 0.231. The van der Waals surface area contributed by atoms with E-state index in [1.54, 1.807) is 0 Å². The minimum absolute atomic E-state index is 0.0278. The molecule has 4 heteroatoms. The van der Waals surface area contributed by atoms with Gasteiger partial charge < -0.3 is 14.9 Å². The lowest BCUT2D eigenvalue weighted by molar-refractivity contribution is 0.0650. The summed E-state index contributed by atoms with van der Waals surface area (Å²) in [5.74, 6) is 0.583. The van der Waals surface area contributed by atoms with E-state index in [4.69, 9.17) is 21.8 Å². The van der Waals surface area contributed by atoms with E-state index in [1.165, 1.54) is 0 Å². The minimum atomic E-state index is 0.0278. The van der Waals surface area contributed by atoms with Gasteiger partial charge in [-0.1, -0.05) is 12.2 Å². The van der Waals surface area contributed by atoms with Crippen molar-refractivity contribution >= 4 is 11.6 Å². The van der Waals surface area contributed by atoms with Gasteiger partial charge in [0.2, 0.25) is 0 Å². The normalized spacial score (nSPS) is 8.67. The van der Waals surface area contributed by atoms with Crippen LogP contribution in [0.4, 0.5) is 0 Å². The Morgan fingerprint density at radius 1 is 1.33 bits per heavy atom. The molecule has 0 aromatic heterocycles. The van der Waals surface area contributed by atoms with E-state index < -0.39 is 0 Å². The van der Waals surface area contributed by atoms with Crippen LogP contribution in [0.15, 0.2) is 12.2 Å². The van der Waals surface area contributed by atoms with Crippen LogP contribution in [0.2, 0.25) is 0 Å². The average molecular weight is 197 g/mol. The lowest BCUT2D eigenvalue weighted by Crippen LogP contribution is -2.03. The molecule has 0 aromatic carbocycles. The Kier molecular flexibility index (Phi) is 16.2. The van der Waals surface area contributed by atoms with E-state index >= 15 is 0 Å². The summed E-state index contributed by atoms with van der Waals surface area (Å²) in [6, 6.07) is 0. The van der Waals surface area contributed by atoms with Crippen LogP contribution in [-0.2, 0) is 4.74 Å². The third-order valence-corrected chi connectivity index (χ3v) is 1.16. The van der Waals surface area contributed by atoms with Gasteiger partial charge in [-0.3, -0.25) is 0 Å². The van der Waals surface area contributed by atoms with Crippen LogP contribution in [-0.4, -0.2) is 42.5 Å². The second-order valence-electron chi connectivity index (χ2n) is 2.15. The van der Waals surface area contributed by atoms with Gasteiger partial charge in [0.1, 0.15) is 0 Å². The van der Waals surface area contributed by atoms with Crippen molar-refractivity contribution in [3.8, 4) is 0 Å². The van der Waals surface area contributed by atoms with Gasteiger partial charge in [-0.15, -0.1) is 11.6 Å². The zero-order valence-corrected chi connectivity index (χ0v) is 8.18. The van der Waals surface area contributed by atoms with Crippen molar-refractivity contribution in [1.82, 2.24) is 0 Å². The van der Waals surface area contributed by atoms with E-state index in [-0.39, 0.29) is 13.2 Å². The molecule has 0 saturated heterocycles.